The molecule has 1 aromatic heterocycles. The van der Waals surface area contributed by atoms with Crippen molar-refractivity contribution in [3.63, 3.8) is 0 Å². The van der Waals surface area contributed by atoms with Gasteiger partial charge in [0.05, 0.1) is 27.6 Å². The number of hydrogen-bond acceptors (Lipinski definition) is 5. The van der Waals surface area contributed by atoms with Gasteiger partial charge in [-0.05, 0) is 43.2 Å². The molecule has 0 amide bonds. The molecule has 0 spiro atoms. The SMILES string of the molecule is Cc1cc(C)c(Nc2nncc(Nc3ccccc3Cl)n2)c(Cl)c1. The molecular formula is C17H15Cl2N5. The van der Waals surface area contributed by atoms with Crippen LogP contribution in [0, 0.1) is 13.8 Å². The van der Waals surface area contributed by atoms with Crippen LogP contribution in [-0.4, -0.2) is 15.2 Å². The van der Waals surface area contributed by atoms with Gasteiger partial charge in [-0.15, -0.1) is 5.10 Å². The molecule has 2 N–H and O–H groups in total. The lowest BCUT2D eigenvalue weighted by Crippen LogP contribution is -2.04. The average Bonchev–Trinajstić information content (AvgIpc) is 2.53. The highest BCUT2D eigenvalue weighted by Gasteiger charge is 2.09. The molecule has 0 unspecified atom stereocenters. The minimum Gasteiger partial charge on any atom is -0.338 e. The van der Waals surface area contributed by atoms with Gasteiger partial charge in [-0.25, -0.2) is 0 Å². The molecule has 5 nitrogen and oxygen atoms in total. The number of hydrogen-bond donors (Lipinski definition) is 2. The maximum atomic E-state index is 6.30. The van der Waals surface area contributed by atoms with Gasteiger partial charge in [-0.1, -0.05) is 41.4 Å². The number of aryl methyl sites for hydroxylation is 2. The third kappa shape index (κ3) is 3.75. The second-order valence-electron chi connectivity index (χ2n) is 5.33. The van der Waals surface area contributed by atoms with Crippen molar-refractivity contribution in [2.24, 2.45) is 0 Å². The molecule has 24 heavy (non-hydrogen) atoms. The summed E-state index contributed by atoms with van der Waals surface area (Å²) < 4.78 is 0. The van der Waals surface area contributed by atoms with Crippen LogP contribution in [0.25, 0.3) is 0 Å². The highest BCUT2D eigenvalue weighted by molar-refractivity contribution is 6.33. The van der Waals surface area contributed by atoms with E-state index in [-0.39, 0.29) is 0 Å². The normalized spacial score (nSPS) is 10.5. The number of anilines is 4. The topological polar surface area (TPSA) is 62.7 Å². The third-order valence-corrected chi connectivity index (χ3v) is 3.99. The smallest absolute Gasteiger partial charge is 0.249 e. The van der Waals surface area contributed by atoms with Gasteiger partial charge in [0.1, 0.15) is 0 Å². The van der Waals surface area contributed by atoms with E-state index in [1.165, 1.54) is 6.20 Å². The Balaban J connectivity index is 1.85. The first-order valence-corrected chi connectivity index (χ1v) is 8.03. The molecular weight excluding hydrogens is 345 g/mol. The quantitative estimate of drug-likeness (QED) is 0.663. The van der Waals surface area contributed by atoms with Crippen LogP contribution in [0.1, 0.15) is 11.1 Å². The fraction of sp³-hybridized carbons (Fsp3) is 0.118. The summed E-state index contributed by atoms with van der Waals surface area (Å²) in [6.45, 7) is 3.97. The van der Waals surface area contributed by atoms with Crippen LogP contribution in [0.5, 0.6) is 0 Å². The van der Waals surface area contributed by atoms with E-state index < -0.39 is 0 Å². The van der Waals surface area contributed by atoms with Gasteiger partial charge in [0.2, 0.25) is 5.95 Å². The monoisotopic (exact) mass is 359 g/mol. The summed E-state index contributed by atoms with van der Waals surface area (Å²) >= 11 is 12.4. The number of rotatable bonds is 4. The summed E-state index contributed by atoms with van der Waals surface area (Å²) in [4.78, 5) is 4.40. The van der Waals surface area contributed by atoms with E-state index in [9.17, 15) is 0 Å². The molecule has 0 saturated carbocycles. The average molecular weight is 360 g/mol. The van der Waals surface area contributed by atoms with Crippen molar-refractivity contribution >= 4 is 46.3 Å². The maximum absolute atomic E-state index is 6.30. The van der Waals surface area contributed by atoms with Crippen molar-refractivity contribution < 1.29 is 0 Å². The van der Waals surface area contributed by atoms with Crippen LogP contribution in [0.3, 0.4) is 0 Å². The lowest BCUT2D eigenvalue weighted by molar-refractivity contribution is 0.981. The Morgan fingerprint density at radius 2 is 1.75 bits per heavy atom. The van der Waals surface area contributed by atoms with Gasteiger partial charge in [0, 0.05) is 0 Å². The first kappa shape index (κ1) is 16.5. The Morgan fingerprint density at radius 3 is 2.50 bits per heavy atom. The van der Waals surface area contributed by atoms with Crippen molar-refractivity contribution in [2.75, 3.05) is 10.6 Å². The molecule has 1 heterocycles. The summed E-state index contributed by atoms with van der Waals surface area (Å²) in [5.41, 5.74) is 3.61. The van der Waals surface area contributed by atoms with Crippen molar-refractivity contribution in [3.05, 3.63) is 63.8 Å². The largest absolute Gasteiger partial charge is 0.338 e. The number of aromatic nitrogens is 3. The predicted molar refractivity (Wildman–Crippen MR) is 98.8 cm³/mol. The predicted octanol–water partition coefficient (Wildman–Crippen LogP) is 5.28. The highest BCUT2D eigenvalue weighted by atomic mass is 35.5. The first-order valence-electron chi connectivity index (χ1n) is 7.28. The van der Waals surface area contributed by atoms with Gasteiger partial charge in [0.25, 0.3) is 0 Å². The number of nitrogens with zero attached hydrogens (tertiary/aromatic N) is 3. The molecule has 0 bridgehead atoms. The summed E-state index contributed by atoms with van der Waals surface area (Å²) in [5.74, 6) is 0.877. The summed E-state index contributed by atoms with van der Waals surface area (Å²) in [5, 5.41) is 15.4. The van der Waals surface area contributed by atoms with Crippen LogP contribution >= 0.6 is 23.2 Å². The van der Waals surface area contributed by atoms with Gasteiger partial charge in [0.15, 0.2) is 5.82 Å². The molecule has 7 heteroatoms. The standard InChI is InChI=1S/C17H15Cl2N5/c1-10-7-11(2)16(13(19)8-10)23-17-22-15(9-20-24-17)21-14-6-4-3-5-12(14)18/h3-9H,1-2H3,(H2,21,22,23,24). The minimum atomic E-state index is 0.348. The van der Waals surface area contributed by atoms with E-state index >= 15 is 0 Å². The molecule has 122 valence electrons. The van der Waals surface area contributed by atoms with E-state index in [0.717, 1.165) is 22.5 Å². The van der Waals surface area contributed by atoms with Crippen LogP contribution in [-0.2, 0) is 0 Å². The minimum absolute atomic E-state index is 0.348. The highest BCUT2D eigenvalue weighted by Crippen LogP contribution is 2.29. The zero-order valence-corrected chi connectivity index (χ0v) is 14.7. The van der Waals surface area contributed by atoms with Crippen LogP contribution < -0.4 is 10.6 Å². The Bertz CT molecular complexity index is 859. The summed E-state index contributed by atoms with van der Waals surface area (Å²) in [7, 11) is 0. The zero-order chi connectivity index (χ0) is 17.1. The second kappa shape index (κ2) is 7.03. The fourth-order valence-corrected chi connectivity index (χ4v) is 2.85. The lowest BCUT2D eigenvalue weighted by atomic mass is 10.1. The molecule has 0 saturated heterocycles. The van der Waals surface area contributed by atoms with Crippen LogP contribution in [0.4, 0.5) is 23.1 Å². The number of benzene rings is 2. The first-order chi connectivity index (χ1) is 11.5. The molecule has 0 atom stereocenters. The Labute approximate surface area is 150 Å². The summed E-state index contributed by atoms with van der Waals surface area (Å²) in [6, 6.07) is 11.3. The van der Waals surface area contributed by atoms with Crippen LogP contribution in [0.15, 0.2) is 42.6 Å². The van der Waals surface area contributed by atoms with Crippen LogP contribution in [0.2, 0.25) is 10.0 Å². The van der Waals surface area contributed by atoms with Crippen molar-refractivity contribution in [2.45, 2.75) is 13.8 Å². The van der Waals surface area contributed by atoms with E-state index in [4.69, 9.17) is 23.2 Å². The number of nitrogens with one attached hydrogen (secondary N) is 2. The second-order valence-corrected chi connectivity index (χ2v) is 6.15. The Hall–Kier alpha value is -2.37. The van der Waals surface area contributed by atoms with Crippen molar-refractivity contribution in [3.8, 4) is 0 Å². The molecule has 3 aromatic rings. The van der Waals surface area contributed by atoms with Gasteiger partial charge in [-0.3, -0.25) is 0 Å². The Kier molecular flexibility index (Phi) is 4.83. The van der Waals surface area contributed by atoms with E-state index in [1.54, 1.807) is 6.07 Å². The molecule has 0 aliphatic heterocycles. The molecule has 0 fully saturated rings. The van der Waals surface area contributed by atoms with E-state index in [0.29, 0.717) is 21.8 Å². The molecule has 0 aliphatic carbocycles. The molecule has 2 aromatic carbocycles. The summed E-state index contributed by atoms with van der Waals surface area (Å²) in [6.07, 6.45) is 1.53. The van der Waals surface area contributed by atoms with E-state index in [1.807, 2.05) is 44.2 Å². The van der Waals surface area contributed by atoms with Gasteiger partial charge in [-0.2, -0.15) is 10.1 Å². The Morgan fingerprint density at radius 1 is 0.958 bits per heavy atom. The van der Waals surface area contributed by atoms with Crippen molar-refractivity contribution in [1.29, 1.82) is 0 Å². The number of para-hydroxylation sites is 1. The fourth-order valence-electron chi connectivity index (χ4n) is 2.30. The molecule has 3 rings (SSSR count). The molecule has 0 aliphatic rings. The lowest BCUT2D eigenvalue weighted by Gasteiger charge is -2.12. The van der Waals surface area contributed by atoms with Crippen molar-refractivity contribution in [1.82, 2.24) is 15.2 Å². The van der Waals surface area contributed by atoms with Gasteiger partial charge < -0.3 is 10.6 Å². The van der Waals surface area contributed by atoms with E-state index in [2.05, 4.69) is 25.8 Å². The van der Waals surface area contributed by atoms with Gasteiger partial charge >= 0.3 is 0 Å². The maximum Gasteiger partial charge on any atom is 0.249 e. The number of halogens is 2. The third-order valence-electron chi connectivity index (χ3n) is 3.36. The zero-order valence-electron chi connectivity index (χ0n) is 13.1. The molecule has 0 radical (unpaired) electrons.